The molecular weight excluding hydrogens is 278 g/mol. The summed E-state index contributed by atoms with van der Waals surface area (Å²) in [7, 11) is 1.77. The monoisotopic (exact) mass is 307 g/mol. The summed E-state index contributed by atoms with van der Waals surface area (Å²) in [6.07, 6.45) is 7.07. The molecule has 1 saturated carbocycles. The van der Waals surface area contributed by atoms with E-state index in [0.29, 0.717) is 0 Å². The zero-order chi connectivity index (χ0) is 14.8. The van der Waals surface area contributed by atoms with Crippen LogP contribution in [0.15, 0.2) is 35.2 Å². The van der Waals surface area contributed by atoms with Crippen LogP contribution >= 0.6 is 11.8 Å². The lowest BCUT2D eigenvalue weighted by molar-refractivity contribution is 0.194. The van der Waals surface area contributed by atoms with Crippen LogP contribution in [0, 0.1) is 11.8 Å². The van der Waals surface area contributed by atoms with Crippen LogP contribution in [-0.4, -0.2) is 32.6 Å². The Balaban J connectivity index is 1.72. The number of benzene rings is 1. The van der Waals surface area contributed by atoms with E-state index in [1.807, 2.05) is 11.8 Å². The Morgan fingerprint density at radius 1 is 1.24 bits per heavy atom. The Hall–Kier alpha value is -0.510. The molecule has 0 amide bonds. The highest BCUT2D eigenvalue weighted by Gasteiger charge is 2.24. The molecule has 1 aliphatic rings. The van der Waals surface area contributed by atoms with E-state index in [2.05, 4.69) is 35.6 Å². The van der Waals surface area contributed by atoms with Gasteiger partial charge in [-0.3, -0.25) is 0 Å². The molecule has 3 heteroatoms. The maximum absolute atomic E-state index is 5.12. The number of hydrogen-bond donors (Lipinski definition) is 1. The van der Waals surface area contributed by atoms with Gasteiger partial charge in [0.2, 0.25) is 0 Å². The van der Waals surface area contributed by atoms with Crippen molar-refractivity contribution in [3.05, 3.63) is 30.3 Å². The van der Waals surface area contributed by atoms with Gasteiger partial charge >= 0.3 is 0 Å². The smallest absolute Gasteiger partial charge is 0.0587 e. The third kappa shape index (κ3) is 6.41. The van der Waals surface area contributed by atoms with E-state index < -0.39 is 0 Å². The average Bonchev–Trinajstić information content (AvgIpc) is 3.05. The highest BCUT2D eigenvalue weighted by molar-refractivity contribution is 7.99. The standard InChI is InChI=1S/C18H29NOS/c1-20-13-12-19-15-17(16-7-5-6-8-16)11-14-21-18-9-3-2-4-10-18/h2-4,9-10,16-17,19H,5-8,11-15H2,1H3. The van der Waals surface area contributed by atoms with Crippen LogP contribution in [0.4, 0.5) is 0 Å². The second kappa shape index (κ2) is 10.3. The minimum Gasteiger partial charge on any atom is -0.383 e. The van der Waals surface area contributed by atoms with Gasteiger partial charge in [-0.05, 0) is 42.7 Å². The molecule has 0 aromatic heterocycles. The molecule has 1 fully saturated rings. The van der Waals surface area contributed by atoms with Gasteiger partial charge in [0, 0.05) is 18.6 Å². The predicted molar refractivity (Wildman–Crippen MR) is 92.0 cm³/mol. The maximum atomic E-state index is 5.12. The molecule has 0 heterocycles. The minimum atomic E-state index is 0.816. The molecule has 0 radical (unpaired) electrons. The fraction of sp³-hybridized carbons (Fsp3) is 0.667. The molecule has 21 heavy (non-hydrogen) atoms. The summed E-state index contributed by atoms with van der Waals surface area (Å²) in [4.78, 5) is 1.40. The lowest BCUT2D eigenvalue weighted by Gasteiger charge is -2.24. The highest BCUT2D eigenvalue weighted by atomic mass is 32.2. The van der Waals surface area contributed by atoms with Crippen molar-refractivity contribution in [1.29, 1.82) is 0 Å². The Bertz CT molecular complexity index is 365. The number of ether oxygens (including phenoxy) is 1. The van der Waals surface area contributed by atoms with Gasteiger partial charge in [0.1, 0.15) is 0 Å². The molecule has 0 bridgehead atoms. The second-order valence-electron chi connectivity index (χ2n) is 5.95. The normalized spacial score (nSPS) is 17.2. The summed E-state index contributed by atoms with van der Waals surface area (Å²) in [5.41, 5.74) is 0. The molecule has 0 spiro atoms. The van der Waals surface area contributed by atoms with Crippen molar-refractivity contribution in [3.8, 4) is 0 Å². The van der Waals surface area contributed by atoms with E-state index in [1.165, 1.54) is 42.8 Å². The van der Waals surface area contributed by atoms with Crippen molar-refractivity contribution in [1.82, 2.24) is 5.32 Å². The molecular formula is C18H29NOS. The first-order valence-corrected chi connectivity index (χ1v) is 9.26. The summed E-state index contributed by atoms with van der Waals surface area (Å²) < 4.78 is 5.12. The molecule has 1 aromatic rings. The Kier molecular flexibility index (Phi) is 8.23. The van der Waals surface area contributed by atoms with E-state index >= 15 is 0 Å². The molecule has 1 N–H and O–H groups in total. The molecule has 0 saturated heterocycles. The van der Waals surface area contributed by atoms with Gasteiger partial charge in [0.15, 0.2) is 0 Å². The summed E-state index contributed by atoms with van der Waals surface area (Å²) >= 11 is 2.00. The van der Waals surface area contributed by atoms with E-state index in [4.69, 9.17) is 4.74 Å². The Morgan fingerprint density at radius 3 is 2.71 bits per heavy atom. The quantitative estimate of drug-likeness (QED) is 0.517. The molecule has 1 atom stereocenters. The van der Waals surface area contributed by atoms with Crippen molar-refractivity contribution in [2.75, 3.05) is 32.6 Å². The van der Waals surface area contributed by atoms with Gasteiger partial charge in [0.05, 0.1) is 6.61 Å². The molecule has 1 aliphatic carbocycles. The molecule has 2 rings (SSSR count). The Labute approximate surface area is 134 Å². The van der Waals surface area contributed by atoms with Crippen LogP contribution in [0.2, 0.25) is 0 Å². The number of hydrogen-bond acceptors (Lipinski definition) is 3. The van der Waals surface area contributed by atoms with Gasteiger partial charge in [-0.1, -0.05) is 43.9 Å². The van der Waals surface area contributed by atoms with Gasteiger partial charge in [-0.15, -0.1) is 11.8 Å². The van der Waals surface area contributed by atoms with Crippen LogP contribution < -0.4 is 5.32 Å². The van der Waals surface area contributed by atoms with Crippen LogP contribution in [0.3, 0.4) is 0 Å². The maximum Gasteiger partial charge on any atom is 0.0587 e. The summed E-state index contributed by atoms with van der Waals surface area (Å²) in [5, 5.41) is 3.58. The molecule has 1 unspecified atom stereocenters. The fourth-order valence-corrected chi connectivity index (χ4v) is 4.25. The van der Waals surface area contributed by atoms with Crippen LogP contribution in [0.5, 0.6) is 0 Å². The van der Waals surface area contributed by atoms with Crippen molar-refractivity contribution in [2.45, 2.75) is 37.0 Å². The SMILES string of the molecule is COCCNCC(CCSc1ccccc1)C1CCCC1. The summed E-state index contributed by atoms with van der Waals surface area (Å²) in [6.45, 7) is 2.95. The number of thioether (sulfide) groups is 1. The van der Waals surface area contributed by atoms with Crippen molar-refractivity contribution >= 4 is 11.8 Å². The van der Waals surface area contributed by atoms with Crippen molar-refractivity contribution in [2.24, 2.45) is 11.8 Å². The third-order valence-electron chi connectivity index (χ3n) is 4.46. The average molecular weight is 308 g/mol. The number of rotatable bonds is 10. The topological polar surface area (TPSA) is 21.3 Å². The van der Waals surface area contributed by atoms with E-state index in [1.54, 1.807) is 7.11 Å². The van der Waals surface area contributed by atoms with E-state index in [0.717, 1.165) is 31.5 Å². The summed E-state index contributed by atoms with van der Waals surface area (Å²) in [5.74, 6) is 3.01. The van der Waals surface area contributed by atoms with E-state index in [9.17, 15) is 0 Å². The lowest BCUT2D eigenvalue weighted by atomic mass is 9.88. The summed E-state index contributed by atoms with van der Waals surface area (Å²) in [6, 6.07) is 10.8. The third-order valence-corrected chi connectivity index (χ3v) is 5.50. The van der Waals surface area contributed by atoms with Crippen LogP contribution in [0.25, 0.3) is 0 Å². The molecule has 118 valence electrons. The van der Waals surface area contributed by atoms with Gasteiger partial charge < -0.3 is 10.1 Å². The van der Waals surface area contributed by atoms with Crippen LogP contribution in [0.1, 0.15) is 32.1 Å². The van der Waals surface area contributed by atoms with Crippen LogP contribution in [-0.2, 0) is 4.74 Å². The number of nitrogens with one attached hydrogen (secondary N) is 1. The van der Waals surface area contributed by atoms with Gasteiger partial charge in [-0.25, -0.2) is 0 Å². The first-order chi connectivity index (χ1) is 10.4. The largest absolute Gasteiger partial charge is 0.383 e. The number of methoxy groups -OCH3 is 1. The molecule has 1 aromatic carbocycles. The van der Waals surface area contributed by atoms with Crippen molar-refractivity contribution < 1.29 is 4.74 Å². The van der Waals surface area contributed by atoms with Gasteiger partial charge in [0.25, 0.3) is 0 Å². The highest BCUT2D eigenvalue weighted by Crippen LogP contribution is 2.34. The molecule has 0 aliphatic heterocycles. The van der Waals surface area contributed by atoms with Gasteiger partial charge in [-0.2, -0.15) is 0 Å². The fourth-order valence-electron chi connectivity index (χ4n) is 3.24. The zero-order valence-electron chi connectivity index (χ0n) is 13.2. The molecule has 2 nitrogen and oxygen atoms in total. The van der Waals surface area contributed by atoms with Crippen molar-refractivity contribution in [3.63, 3.8) is 0 Å². The minimum absolute atomic E-state index is 0.816. The lowest BCUT2D eigenvalue weighted by Crippen LogP contribution is -2.30. The first-order valence-electron chi connectivity index (χ1n) is 8.27. The first kappa shape index (κ1) is 16.9. The zero-order valence-corrected chi connectivity index (χ0v) is 14.0. The Morgan fingerprint density at radius 2 is 2.00 bits per heavy atom. The predicted octanol–water partition coefficient (Wildman–Crippen LogP) is 4.21. The second-order valence-corrected chi connectivity index (χ2v) is 7.12. The van der Waals surface area contributed by atoms with E-state index in [-0.39, 0.29) is 0 Å².